The van der Waals surface area contributed by atoms with E-state index < -0.39 is 0 Å². The maximum atomic E-state index is 12.9. The van der Waals surface area contributed by atoms with Crippen molar-refractivity contribution in [3.8, 4) is 16.9 Å². The van der Waals surface area contributed by atoms with E-state index in [0.717, 1.165) is 32.2 Å². The van der Waals surface area contributed by atoms with Gasteiger partial charge in [0.1, 0.15) is 5.75 Å². The number of thiophene rings is 1. The third kappa shape index (κ3) is 4.97. The van der Waals surface area contributed by atoms with Crippen molar-refractivity contribution in [3.63, 3.8) is 0 Å². The monoisotopic (exact) mass is 434 g/mol. The molecule has 0 bridgehead atoms. The molecule has 1 atom stereocenters. The average Bonchev–Trinajstić information content (AvgIpc) is 3.15. The molecular formula is C25H26N2O3S. The van der Waals surface area contributed by atoms with E-state index in [1.54, 1.807) is 12.0 Å². The van der Waals surface area contributed by atoms with Gasteiger partial charge in [0.15, 0.2) is 0 Å². The molecule has 160 valence electrons. The minimum Gasteiger partial charge on any atom is -0.497 e. The number of nitrogens with zero attached hydrogens (tertiary/aromatic N) is 1. The number of carbonyl (C=O) groups excluding carboxylic acids is 2. The summed E-state index contributed by atoms with van der Waals surface area (Å²) >= 11 is 1.50. The summed E-state index contributed by atoms with van der Waals surface area (Å²) in [5.74, 6) is 0.585. The molecule has 1 saturated heterocycles. The van der Waals surface area contributed by atoms with Gasteiger partial charge in [0.05, 0.1) is 17.9 Å². The maximum Gasteiger partial charge on any atom is 0.264 e. The Morgan fingerprint density at radius 1 is 1.06 bits per heavy atom. The summed E-state index contributed by atoms with van der Waals surface area (Å²) in [7, 11) is 1.66. The summed E-state index contributed by atoms with van der Waals surface area (Å²) in [6.07, 6.45) is 0.599. The first-order valence-electron chi connectivity index (χ1n) is 10.4. The van der Waals surface area contributed by atoms with Gasteiger partial charge in [-0.05, 0) is 54.3 Å². The minimum absolute atomic E-state index is 0.00875. The van der Waals surface area contributed by atoms with Gasteiger partial charge in [-0.2, -0.15) is 0 Å². The second-order valence-electron chi connectivity index (χ2n) is 7.78. The molecule has 0 aliphatic carbocycles. The summed E-state index contributed by atoms with van der Waals surface area (Å²) in [6, 6.07) is 20.0. The number of rotatable bonds is 5. The fourth-order valence-corrected chi connectivity index (χ4v) is 4.68. The summed E-state index contributed by atoms with van der Waals surface area (Å²) in [5, 5.41) is 2.96. The van der Waals surface area contributed by atoms with Crippen LogP contribution in [0.15, 0.2) is 60.7 Å². The average molecular weight is 435 g/mol. The fourth-order valence-electron chi connectivity index (χ4n) is 3.85. The van der Waals surface area contributed by atoms with Gasteiger partial charge < -0.3 is 15.0 Å². The van der Waals surface area contributed by atoms with Crippen LogP contribution >= 0.6 is 11.3 Å². The van der Waals surface area contributed by atoms with Crippen molar-refractivity contribution >= 4 is 23.2 Å². The molecule has 1 aliphatic heterocycles. The molecule has 0 unspecified atom stereocenters. The fraction of sp³-hybridized carbons (Fsp3) is 0.280. The predicted octanol–water partition coefficient (Wildman–Crippen LogP) is 4.16. The summed E-state index contributed by atoms with van der Waals surface area (Å²) in [4.78, 5) is 29.2. The number of hydrogen-bond acceptors (Lipinski definition) is 4. The van der Waals surface area contributed by atoms with Crippen molar-refractivity contribution in [3.05, 3.63) is 76.0 Å². The minimum atomic E-state index is -0.264. The highest BCUT2D eigenvalue weighted by molar-refractivity contribution is 7.13. The molecule has 0 radical (unpaired) electrons. The molecule has 6 heteroatoms. The smallest absolute Gasteiger partial charge is 0.264 e. The lowest BCUT2D eigenvalue weighted by molar-refractivity contribution is -0.124. The zero-order valence-corrected chi connectivity index (χ0v) is 18.6. The van der Waals surface area contributed by atoms with Gasteiger partial charge in [0.2, 0.25) is 5.91 Å². The molecule has 2 heterocycles. The second kappa shape index (κ2) is 9.35. The quantitative estimate of drug-likeness (QED) is 0.656. The van der Waals surface area contributed by atoms with Gasteiger partial charge >= 0.3 is 0 Å². The SMILES string of the molecule is COc1ccc(-c2ccc(C[C@@H]3CN(C(=O)c4ccc(C)s4)CCNC3=O)cc2)cc1. The van der Waals surface area contributed by atoms with Crippen LogP contribution in [0.3, 0.4) is 0 Å². The van der Waals surface area contributed by atoms with Gasteiger partial charge in [-0.3, -0.25) is 9.59 Å². The highest BCUT2D eigenvalue weighted by atomic mass is 32.1. The Balaban J connectivity index is 1.46. The first-order chi connectivity index (χ1) is 15.0. The van der Waals surface area contributed by atoms with Crippen LogP contribution in [0, 0.1) is 12.8 Å². The van der Waals surface area contributed by atoms with Crippen molar-refractivity contribution in [1.82, 2.24) is 10.2 Å². The Bertz CT molecular complexity index is 1060. The summed E-state index contributed by atoms with van der Waals surface area (Å²) < 4.78 is 5.22. The molecule has 5 nitrogen and oxygen atoms in total. The number of aryl methyl sites for hydroxylation is 1. The van der Waals surface area contributed by atoms with E-state index in [9.17, 15) is 9.59 Å². The molecule has 2 aromatic carbocycles. The van der Waals surface area contributed by atoms with Crippen LogP contribution in [0.1, 0.15) is 20.1 Å². The van der Waals surface area contributed by atoms with Gasteiger partial charge in [-0.25, -0.2) is 0 Å². The normalized spacial score (nSPS) is 16.5. The first-order valence-corrected chi connectivity index (χ1v) is 11.2. The topological polar surface area (TPSA) is 58.6 Å². The molecule has 1 N–H and O–H groups in total. The molecule has 0 saturated carbocycles. The van der Waals surface area contributed by atoms with Gasteiger partial charge in [0, 0.05) is 24.5 Å². The number of hydrogen-bond donors (Lipinski definition) is 1. The van der Waals surface area contributed by atoms with Crippen LogP contribution in [0.5, 0.6) is 5.75 Å². The Hall–Kier alpha value is -3.12. The van der Waals surface area contributed by atoms with Crippen molar-refractivity contribution in [2.24, 2.45) is 5.92 Å². The largest absolute Gasteiger partial charge is 0.497 e. The number of ether oxygens (including phenoxy) is 1. The van der Waals surface area contributed by atoms with Crippen molar-refractivity contribution in [2.45, 2.75) is 13.3 Å². The molecule has 1 aliphatic rings. The standard InChI is InChI=1S/C25H26N2O3S/c1-17-3-12-23(31-17)25(29)27-14-13-26-24(28)21(16-27)15-18-4-6-19(7-5-18)20-8-10-22(30-2)11-9-20/h3-12,21H,13-16H2,1-2H3,(H,26,28)/t21-/m1/s1. The Kier molecular flexibility index (Phi) is 6.37. The maximum absolute atomic E-state index is 12.9. The van der Waals surface area contributed by atoms with Crippen LogP contribution < -0.4 is 10.1 Å². The molecule has 2 amide bonds. The molecule has 1 aromatic heterocycles. The highest BCUT2D eigenvalue weighted by Gasteiger charge is 2.28. The van der Waals surface area contributed by atoms with E-state index in [1.165, 1.54) is 11.3 Å². The van der Waals surface area contributed by atoms with Crippen molar-refractivity contribution in [1.29, 1.82) is 0 Å². The van der Waals surface area contributed by atoms with Crippen LogP contribution in [-0.4, -0.2) is 43.5 Å². The highest BCUT2D eigenvalue weighted by Crippen LogP contribution is 2.24. The first kappa shape index (κ1) is 21.1. The van der Waals surface area contributed by atoms with E-state index in [0.29, 0.717) is 26.1 Å². The Morgan fingerprint density at radius 2 is 1.74 bits per heavy atom. The molecule has 4 rings (SSSR count). The molecule has 3 aromatic rings. The zero-order valence-electron chi connectivity index (χ0n) is 17.8. The van der Waals surface area contributed by atoms with Crippen LogP contribution in [0.4, 0.5) is 0 Å². The lowest BCUT2D eigenvalue weighted by Crippen LogP contribution is -2.37. The van der Waals surface area contributed by atoms with Crippen LogP contribution in [0.25, 0.3) is 11.1 Å². The molecule has 0 spiro atoms. The molecular weight excluding hydrogens is 408 g/mol. The predicted molar refractivity (Wildman–Crippen MR) is 124 cm³/mol. The molecule has 1 fully saturated rings. The third-order valence-corrected chi connectivity index (χ3v) is 6.58. The summed E-state index contributed by atoms with van der Waals surface area (Å²) in [6.45, 7) is 3.45. The van der Waals surface area contributed by atoms with Gasteiger partial charge in [-0.15, -0.1) is 11.3 Å². The summed E-state index contributed by atoms with van der Waals surface area (Å²) in [5.41, 5.74) is 3.31. The van der Waals surface area contributed by atoms with E-state index in [1.807, 2.05) is 43.3 Å². The van der Waals surface area contributed by atoms with Crippen molar-refractivity contribution in [2.75, 3.05) is 26.7 Å². The van der Waals surface area contributed by atoms with E-state index >= 15 is 0 Å². The lowest BCUT2D eigenvalue weighted by atomic mass is 9.96. The van der Waals surface area contributed by atoms with Crippen molar-refractivity contribution < 1.29 is 14.3 Å². The number of methoxy groups -OCH3 is 1. The number of amides is 2. The molecule has 31 heavy (non-hydrogen) atoms. The van der Waals surface area contributed by atoms with Crippen LogP contribution in [-0.2, 0) is 11.2 Å². The number of benzene rings is 2. The number of carbonyl (C=O) groups is 2. The van der Waals surface area contributed by atoms with Gasteiger partial charge in [-0.1, -0.05) is 36.4 Å². The number of nitrogens with one attached hydrogen (secondary N) is 1. The second-order valence-corrected chi connectivity index (χ2v) is 9.07. The zero-order chi connectivity index (χ0) is 21.8. The van der Waals surface area contributed by atoms with Gasteiger partial charge in [0.25, 0.3) is 5.91 Å². The van der Waals surface area contributed by atoms with E-state index in [4.69, 9.17) is 4.74 Å². The van der Waals surface area contributed by atoms with E-state index in [2.05, 4.69) is 29.6 Å². The Morgan fingerprint density at radius 3 is 2.35 bits per heavy atom. The Labute approximate surface area is 186 Å². The van der Waals surface area contributed by atoms with Crippen LogP contribution in [0.2, 0.25) is 0 Å². The van der Waals surface area contributed by atoms with E-state index in [-0.39, 0.29) is 17.7 Å². The third-order valence-electron chi connectivity index (χ3n) is 5.59. The lowest BCUT2D eigenvalue weighted by Gasteiger charge is -2.22.